The van der Waals surface area contributed by atoms with Gasteiger partial charge in [-0.05, 0) is 29.8 Å². The molecule has 0 fully saturated rings. The van der Waals surface area contributed by atoms with Crippen LogP contribution in [0.1, 0.15) is 36.6 Å². The number of fused-ring (bicyclic) bond motifs is 1. The monoisotopic (exact) mass is 417 g/mol. The summed E-state index contributed by atoms with van der Waals surface area (Å²) in [5, 5.41) is 5.61. The minimum Gasteiger partial charge on any atom is -0.376 e. The third-order valence-corrected chi connectivity index (χ3v) is 5.03. The number of ketones is 2. The summed E-state index contributed by atoms with van der Waals surface area (Å²) in [5.74, 6) is -0.947. The number of nitrogens with zero attached hydrogens (tertiary/aromatic N) is 1. The Morgan fingerprint density at radius 3 is 2.27 bits per heavy atom. The molecule has 1 aliphatic rings. The molecule has 4 rings (SSSR count). The summed E-state index contributed by atoms with van der Waals surface area (Å²) in [7, 11) is 0. The van der Waals surface area contributed by atoms with Gasteiger partial charge >= 0.3 is 0 Å². The molecule has 1 amide bonds. The molecule has 0 unspecified atom stereocenters. The normalized spacial score (nSPS) is 13.1. The number of rotatable bonds is 5. The molecular formula is C23H16ClN3O3. The van der Waals surface area contributed by atoms with Crippen LogP contribution in [0.25, 0.3) is 0 Å². The van der Waals surface area contributed by atoms with Gasteiger partial charge in [-0.1, -0.05) is 48.0 Å². The third-order valence-electron chi connectivity index (χ3n) is 4.67. The van der Waals surface area contributed by atoms with Gasteiger partial charge in [0.1, 0.15) is 10.7 Å². The first kappa shape index (κ1) is 19.5. The number of nitrogens with one attached hydrogen (secondary N) is 2. The second kappa shape index (κ2) is 8.31. The average Bonchev–Trinajstić information content (AvgIpc) is 2.78. The van der Waals surface area contributed by atoms with Gasteiger partial charge in [0.2, 0.25) is 11.6 Å². The van der Waals surface area contributed by atoms with Gasteiger partial charge in [-0.3, -0.25) is 19.4 Å². The van der Waals surface area contributed by atoms with Gasteiger partial charge in [-0.15, -0.1) is 0 Å². The Labute approximate surface area is 177 Å². The highest BCUT2D eigenvalue weighted by molar-refractivity contribution is 6.49. The summed E-state index contributed by atoms with van der Waals surface area (Å²) >= 11 is 6.15. The maximum atomic E-state index is 12.7. The lowest BCUT2D eigenvalue weighted by atomic mass is 9.92. The molecule has 6 nitrogen and oxygen atoms in total. The largest absolute Gasteiger partial charge is 0.376 e. The van der Waals surface area contributed by atoms with E-state index in [1.807, 2.05) is 0 Å². The molecular weight excluding hydrogens is 402 g/mol. The lowest BCUT2D eigenvalue weighted by Gasteiger charge is -2.19. The van der Waals surface area contributed by atoms with Crippen LogP contribution in [-0.4, -0.2) is 22.5 Å². The number of Topliss-reactive ketones (excluding diaryl/α,β-unsaturated/α-hetero) is 2. The van der Waals surface area contributed by atoms with E-state index in [1.54, 1.807) is 73.1 Å². The SMILES string of the molecule is O=C(Nc1cccnc1)c1ccc(CNC2=C(Cl)C(=O)c3ccccc3C2=O)cc1. The van der Waals surface area contributed by atoms with Crippen molar-refractivity contribution in [1.29, 1.82) is 0 Å². The number of carbonyl (C=O) groups is 3. The molecule has 2 aromatic carbocycles. The van der Waals surface area contributed by atoms with Gasteiger partial charge in [0.15, 0.2) is 0 Å². The Morgan fingerprint density at radius 2 is 1.60 bits per heavy atom. The Morgan fingerprint density at radius 1 is 0.900 bits per heavy atom. The van der Waals surface area contributed by atoms with Crippen molar-refractivity contribution in [2.75, 3.05) is 5.32 Å². The fraction of sp³-hybridized carbons (Fsp3) is 0.0435. The molecule has 1 aliphatic carbocycles. The number of amides is 1. The molecule has 7 heteroatoms. The minimum absolute atomic E-state index is 0.0822. The summed E-state index contributed by atoms with van der Waals surface area (Å²) in [6.45, 7) is 0.275. The van der Waals surface area contributed by atoms with Gasteiger partial charge in [0.25, 0.3) is 5.91 Å². The van der Waals surface area contributed by atoms with Crippen LogP contribution in [0.2, 0.25) is 0 Å². The van der Waals surface area contributed by atoms with Crippen molar-refractivity contribution < 1.29 is 14.4 Å². The molecule has 148 valence electrons. The lowest BCUT2D eigenvalue weighted by Crippen LogP contribution is -2.28. The van der Waals surface area contributed by atoms with Crippen molar-refractivity contribution in [1.82, 2.24) is 10.3 Å². The highest BCUT2D eigenvalue weighted by Gasteiger charge is 2.30. The van der Waals surface area contributed by atoms with E-state index in [0.29, 0.717) is 22.4 Å². The Hall–Kier alpha value is -3.77. The lowest BCUT2D eigenvalue weighted by molar-refractivity contribution is 0.0974. The standard InChI is InChI=1S/C23H16ClN3O3/c24-19-20(22(29)18-6-2-1-5-17(18)21(19)28)26-12-14-7-9-15(10-8-14)23(30)27-16-4-3-11-25-13-16/h1-11,13,26H,12H2,(H,27,30). The number of hydrogen-bond acceptors (Lipinski definition) is 5. The summed E-state index contributed by atoms with van der Waals surface area (Å²) < 4.78 is 0. The van der Waals surface area contributed by atoms with E-state index < -0.39 is 0 Å². The van der Waals surface area contributed by atoms with Crippen LogP contribution in [0.15, 0.2) is 83.8 Å². The van der Waals surface area contributed by atoms with Crippen LogP contribution < -0.4 is 10.6 Å². The molecule has 30 heavy (non-hydrogen) atoms. The topological polar surface area (TPSA) is 88.2 Å². The third kappa shape index (κ3) is 3.86. The number of carbonyl (C=O) groups excluding carboxylic acids is 3. The van der Waals surface area contributed by atoms with E-state index in [9.17, 15) is 14.4 Å². The summed E-state index contributed by atoms with van der Waals surface area (Å²) in [6, 6.07) is 17.0. The van der Waals surface area contributed by atoms with Crippen molar-refractivity contribution in [3.63, 3.8) is 0 Å². The van der Waals surface area contributed by atoms with Gasteiger partial charge in [0.05, 0.1) is 11.9 Å². The first-order valence-electron chi connectivity index (χ1n) is 9.17. The maximum Gasteiger partial charge on any atom is 0.255 e. The van der Waals surface area contributed by atoms with E-state index in [2.05, 4.69) is 15.6 Å². The van der Waals surface area contributed by atoms with Crippen molar-refractivity contribution in [3.8, 4) is 0 Å². The number of hydrogen-bond donors (Lipinski definition) is 2. The highest BCUT2D eigenvalue weighted by Crippen LogP contribution is 2.27. The molecule has 2 N–H and O–H groups in total. The Bertz CT molecular complexity index is 1170. The molecule has 0 atom stereocenters. The van der Waals surface area contributed by atoms with Crippen LogP contribution in [0.5, 0.6) is 0 Å². The van der Waals surface area contributed by atoms with Crippen LogP contribution in [-0.2, 0) is 6.54 Å². The molecule has 0 spiro atoms. The van der Waals surface area contributed by atoms with Crippen LogP contribution in [0, 0.1) is 0 Å². The number of benzene rings is 2. The first-order valence-corrected chi connectivity index (χ1v) is 9.55. The Kier molecular flexibility index (Phi) is 5.41. The van der Waals surface area contributed by atoms with E-state index in [-0.39, 0.29) is 34.7 Å². The van der Waals surface area contributed by atoms with Crippen LogP contribution in [0.4, 0.5) is 5.69 Å². The molecule has 0 bridgehead atoms. The molecule has 0 saturated heterocycles. The second-order valence-electron chi connectivity index (χ2n) is 6.64. The zero-order valence-electron chi connectivity index (χ0n) is 15.7. The zero-order valence-corrected chi connectivity index (χ0v) is 16.4. The van der Waals surface area contributed by atoms with Crippen LogP contribution >= 0.6 is 11.6 Å². The van der Waals surface area contributed by atoms with E-state index in [1.165, 1.54) is 0 Å². The van der Waals surface area contributed by atoms with Crippen molar-refractivity contribution >= 4 is 34.8 Å². The minimum atomic E-state index is -0.378. The summed E-state index contributed by atoms with van der Waals surface area (Å²) in [4.78, 5) is 41.4. The summed E-state index contributed by atoms with van der Waals surface area (Å²) in [6.07, 6.45) is 3.19. The highest BCUT2D eigenvalue weighted by atomic mass is 35.5. The van der Waals surface area contributed by atoms with Crippen molar-refractivity contribution in [3.05, 3.63) is 106 Å². The fourth-order valence-corrected chi connectivity index (χ4v) is 3.36. The van der Waals surface area contributed by atoms with Gasteiger partial charge < -0.3 is 10.6 Å². The number of pyridine rings is 1. The molecule has 0 saturated carbocycles. The smallest absolute Gasteiger partial charge is 0.255 e. The molecule has 0 radical (unpaired) electrons. The first-order chi connectivity index (χ1) is 14.5. The molecule has 1 aromatic heterocycles. The van der Waals surface area contributed by atoms with Crippen molar-refractivity contribution in [2.24, 2.45) is 0 Å². The number of halogens is 1. The quantitative estimate of drug-likeness (QED) is 0.656. The van der Waals surface area contributed by atoms with Crippen LogP contribution in [0.3, 0.4) is 0 Å². The maximum absolute atomic E-state index is 12.7. The zero-order chi connectivity index (χ0) is 21.1. The predicted molar refractivity (Wildman–Crippen MR) is 113 cm³/mol. The number of allylic oxidation sites excluding steroid dienone is 2. The predicted octanol–water partition coefficient (Wildman–Crippen LogP) is 3.95. The van der Waals surface area contributed by atoms with Gasteiger partial charge in [0, 0.05) is 29.4 Å². The molecule has 1 heterocycles. The summed E-state index contributed by atoms with van der Waals surface area (Å²) in [5.41, 5.74) is 2.63. The van der Waals surface area contributed by atoms with Gasteiger partial charge in [-0.2, -0.15) is 0 Å². The molecule has 3 aromatic rings. The number of aromatic nitrogens is 1. The van der Waals surface area contributed by atoms with E-state index in [4.69, 9.17) is 11.6 Å². The average molecular weight is 418 g/mol. The van der Waals surface area contributed by atoms with E-state index >= 15 is 0 Å². The fourth-order valence-electron chi connectivity index (χ4n) is 3.11. The number of anilines is 1. The molecule has 0 aliphatic heterocycles. The Balaban J connectivity index is 1.44. The second-order valence-corrected chi connectivity index (χ2v) is 7.02. The van der Waals surface area contributed by atoms with E-state index in [0.717, 1.165) is 5.56 Å². The van der Waals surface area contributed by atoms with Gasteiger partial charge in [-0.25, -0.2) is 0 Å². The van der Waals surface area contributed by atoms with Crippen molar-refractivity contribution in [2.45, 2.75) is 6.54 Å².